The smallest absolute Gasteiger partial charge is 0.323 e. The first-order valence-electron chi connectivity index (χ1n) is 3.28. The Morgan fingerprint density at radius 1 is 1.54 bits per heavy atom. The lowest BCUT2D eigenvalue weighted by Gasteiger charge is -2.02. The number of pyridine rings is 1. The van der Waals surface area contributed by atoms with Gasteiger partial charge in [-0.1, -0.05) is 23.2 Å². The summed E-state index contributed by atoms with van der Waals surface area (Å²) in [6.07, 6.45) is 1.23. The van der Waals surface area contributed by atoms with Crippen molar-refractivity contribution in [2.75, 3.05) is 0 Å². The van der Waals surface area contributed by atoms with Crippen molar-refractivity contribution < 1.29 is 9.90 Å². The predicted octanol–water partition coefficient (Wildman–Crippen LogP) is 1.24. The van der Waals surface area contributed by atoms with Crippen LogP contribution in [0.15, 0.2) is 17.1 Å². The molecule has 0 fully saturated rings. The Morgan fingerprint density at radius 3 is 2.69 bits per heavy atom. The van der Waals surface area contributed by atoms with Crippen LogP contribution >= 0.6 is 23.2 Å². The SMILES string of the molecule is O=C(O)Cn1cc(Cl)cc(Cl)c1=O. The van der Waals surface area contributed by atoms with E-state index in [0.717, 1.165) is 4.57 Å². The lowest BCUT2D eigenvalue weighted by atomic mass is 10.4. The molecule has 0 unspecified atom stereocenters. The largest absolute Gasteiger partial charge is 0.480 e. The van der Waals surface area contributed by atoms with E-state index in [1.165, 1.54) is 12.3 Å². The Morgan fingerprint density at radius 2 is 2.15 bits per heavy atom. The summed E-state index contributed by atoms with van der Waals surface area (Å²) < 4.78 is 0.938. The van der Waals surface area contributed by atoms with Crippen molar-refractivity contribution in [3.63, 3.8) is 0 Å². The Kier molecular flexibility index (Phi) is 2.95. The number of hydrogen-bond donors (Lipinski definition) is 1. The van der Waals surface area contributed by atoms with Crippen molar-refractivity contribution in [2.45, 2.75) is 6.54 Å². The second-order valence-corrected chi connectivity index (χ2v) is 3.18. The van der Waals surface area contributed by atoms with E-state index in [9.17, 15) is 9.59 Å². The van der Waals surface area contributed by atoms with Crippen molar-refractivity contribution in [2.24, 2.45) is 0 Å². The minimum absolute atomic E-state index is 0.0891. The number of carbonyl (C=O) groups is 1. The molecule has 0 aromatic carbocycles. The summed E-state index contributed by atoms with van der Waals surface area (Å²) in [7, 11) is 0. The van der Waals surface area contributed by atoms with Crippen LogP contribution in [0.25, 0.3) is 0 Å². The molecule has 1 rings (SSSR count). The summed E-state index contributed by atoms with van der Waals surface area (Å²) in [5, 5.41) is 8.57. The third-order valence-corrected chi connectivity index (χ3v) is 1.79. The highest BCUT2D eigenvalue weighted by Crippen LogP contribution is 2.10. The average Bonchev–Trinajstić information content (AvgIpc) is 1.98. The van der Waals surface area contributed by atoms with Gasteiger partial charge < -0.3 is 9.67 Å². The van der Waals surface area contributed by atoms with Crippen molar-refractivity contribution in [1.29, 1.82) is 0 Å². The van der Waals surface area contributed by atoms with Gasteiger partial charge in [0.1, 0.15) is 11.6 Å². The molecule has 0 saturated carbocycles. The summed E-state index contributed by atoms with van der Waals surface area (Å²) in [4.78, 5) is 21.5. The first-order valence-corrected chi connectivity index (χ1v) is 4.03. The minimum atomic E-state index is -1.12. The number of carboxylic acids is 1. The van der Waals surface area contributed by atoms with Gasteiger partial charge in [0, 0.05) is 6.20 Å². The molecule has 0 aliphatic rings. The Labute approximate surface area is 83.3 Å². The molecule has 0 aliphatic heterocycles. The molecule has 1 N–H and O–H groups in total. The van der Waals surface area contributed by atoms with Crippen LogP contribution in [0.1, 0.15) is 0 Å². The van der Waals surface area contributed by atoms with Crippen molar-refractivity contribution in [3.8, 4) is 0 Å². The summed E-state index contributed by atoms with van der Waals surface area (Å²) in [5.74, 6) is -1.12. The van der Waals surface area contributed by atoms with Crippen molar-refractivity contribution >= 4 is 29.2 Å². The predicted molar refractivity (Wildman–Crippen MR) is 48.4 cm³/mol. The van der Waals surface area contributed by atoms with Gasteiger partial charge in [-0.2, -0.15) is 0 Å². The molecule has 1 aromatic rings. The van der Waals surface area contributed by atoms with E-state index >= 15 is 0 Å². The number of aliphatic carboxylic acids is 1. The third-order valence-electron chi connectivity index (χ3n) is 1.31. The fraction of sp³-hybridized carbons (Fsp3) is 0.143. The number of carboxylic acid groups (broad SMARTS) is 1. The molecule has 4 nitrogen and oxygen atoms in total. The molecule has 6 heteroatoms. The number of aromatic nitrogens is 1. The van der Waals surface area contributed by atoms with Gasteiger partial charge in [0.2, 0.25) is 0 Å². The molecule has 0 bridgehead atoms. The normalized spacial score (nSPS) is 10.0. The zero-order valence-electron chi connectivity index (χ0n) is 6.33. The summed E-state index contributed by atoms with van der Waals surface area (Å²) in [6.45, 7) is -0.445. The topological polar surface area (TPSA) is 59.3 Å². The van der Waals surface area contributed by atoms with Gasteiger partial charge in [-0.25, -0.2) is 0 Å². The number of nitrogens with zero attached hydrogens (tertiary/aromatic N) is 1. The standard InChI is InChI=1S/C7H5Cl2NO3/c8-4-1-5(9)7(13)10(2-4)3-6(11)12/h1-2H,3H2,(H,11,12). The Bertz CT molecular complexity index is 399. The molecule has 13 heavy (non-hydrogen) atoms. The van der Waals surface area contributed by atoms with Crippen LogP contribution in [-0.2, 0) is 11.3 Å². The maximum absolute atomic E-state index is 11.2. The van der Waals surface area contributed by atoms with E-state index < -0.39 is 18.1 Å². The molecule has 0 amide bonds. The Balaban J connectivity index is 3.21. The van der Waals surface area contributed by atoms with Crippen LogP contribution in [0.2, 0.25) is 10.0 Å². The van der Waals surface area contributed by atoms with Gasteiger partial charge >= 0.3 is 5.97 Å². The molecule has 0 atom stereocenters. The summed E-state index contributed by atoms with van der Waals surface area (Å²) in [5.41, 5.74) is -0.562. The lowest BCUT2D eigenvalue weighted by Crippen LogP contribution is -2.23. The van der Waals surface area contributed by atoms with Gasteiger partial charge in [-0.05, 0) is 6.07 Å². The molecule has 70 valence electrons. The van der Waals surface area contributed by atoms with Crippen LogP contribution in [-0.4, -0.2) is 15.6 Å². The highest BCUT2D eigenvalue weighted by molar-refractivity contribution is 6.34. The van der Waals surface area contributed by atoms with Crippen LogP contribution in [0, 0.1) is 0 Å². The molecular formula is C7H5Cl2NO3. The van der Waals surface area contributed by atoms with Crippen molar-refractivity contribution in [1.82, 2.24) is 4.57 Å². The fourth-order valence-corrected chi connectivity index (χ4v) is 1.34. The molecular weight excluding hydrogens is 217 g/mol. The lowest BCUT2D eigenvalue weighted by molar-refractivity contribution is -0.137. The van der Waals surface area contributed by atoms with Gasteiger partial charge in [0.25, 0.3) is 5.56 Å². The maximum Gasteiger partial charge on any atom is 0.323 e. The van der Waals surface area contributed by atoms with Gasteiger partial charge in [-0.15, -0.1) is 0 Å². The minimum Gasteiger partial charge on any atom is -0.480 e. The van der Waals surface area contributed by atoms with E-state index in [1.807, 2.05) is 0 Å². The van der Waals surface area contributed by atoms with E-state index in [4.69, 9.17) is 28.3 Å². The van der Waals surface area contributed by atoms with Gasteiger partial charge in [0.15, 0.2) is 0 Å². The van der Waals surface area contributed by atoms with Gasteiger partial charge in [0.05, 0.1) is 5.02 Å². The van der Waals surface area contributed by atoms with Gasteiger partial charge in [-0.3, -0.25) is 9.59 Å². The van der Waals surface area contributed by atoms with E-state index in [2.05, 4.69) is 0 Å². The fourth-order valence-electron chi connectivity index (χ4n) is 0.828. The van der Waals surface area contributed by atoms with Crippen LogP contribution < -0.4 is 5.56 Å². The van der Waals surface area contributed by atoms with Crippen LogP contribution in [0.5, 0.6) is 0 Å². The number of hydrogen-bond acceptors (Lipinski definition) is 2. The monoisotopic (exact) mass is 221 g/mol. The molecule has 0 radical (unpaired) electrons. The molecule has 0 saturated heterocycles. The molecule has 0 spiro atoms. The molecule has 1 aromatic heterocycles. The second kappa shape index (κ2) is 3.81. The summed E-state index contributed by atoms with van der Waals surface area (Å²) >= 11 is 11.1. The zero-order valence-corrected chi connectivity index (χ0v) is 7.84. The quantitative estimate of drug-likeness (QED) is 0.818. The number of rotatable bonds is 2. The number of halogens is 2. The highest BCUT2D eigenvalue weighted by Gasteiger charge is 2.06. The first kappa shape index (κ1) is 10.1. The summed E-state index contributed by atoms with van der Waals surface area (Å²) in [6, 6.07) is 1.27. The van der Waals surface area contributed by atoms with Crippen LogP contribution in [0.4, 0.5) is 0 Å². The Hall–Kier alpha value is -1.00. The first-order chi connectivity index (χ1) is 6.00. The third kappa shape index (κ3) is 2.47. The zero-order chi connectivity index (χ0) is 10.0. The van der Waals surface area contributed by atoms with E-state index in [-0.39, 0.29) is 10.0 Å². The van der Waals surface area contributed by atoms with Crippen molar-refractivity contribution in [3.05, 3.63) is 32.7 Å². The maximum atomic E-state index is 11.2. The highest BCUT2D eigenvalue weighted by atomic mass is 35.5. The second-order valence-electron chi connectivity index (χ2n) is 2.33. The van der Waals surface area contributed by atoms with Crippen LogP contribution in [0.3, 0.4) is 0 Å². The van der Waals surface area contributed by atoms with E-state index in [1.54, 1.807) is 0 Å². The van der Waals surface area contributed by atoms with E-state index in [0.29, 0.717) is 0 Å². The molecule has 0 aliphatic carbocycles. The average molecular weight is 222 g/mol. The molecule has 1 heterocycles.